The average Bonchev–Trinajstić information content (AvgIpc) is 2.83. The van der Waals surface area contributed by atoms with Crippen molar-refractivity contribution in [1.29, 1.82) is 0 Å². The Hall–Kier alpha value is -3.15. The highest BCUT2D eigenvalue weighted by Gasteiger charge is 2.15. The number of amides is 2. The second kappa shape index (κ2) is 12.9. The van der Waals surface area contributed by atoms with Crippen molar-refractivity contribution in [3.8, 4) is 0 Å². The molecule has 0 radical (unpaired) electrons. The molecule has 1 saturated heterocycles. The number of anilines is 1. The summed E-state index contributed by atoms with van der Waals surface area (Å²) in [5, 5.41) is 5.60. The van der Waals surface area contributed by atoms with Crippen molar-refractivity contribution in [2.45, 2.75) is 12.8 Å². The summed E-state index contributed by atoms with van der Waals surface area (Å²) in [6.07, 6.45) is 1.91. The first-order valence-corrected chi connectivity index (χ1v) is 11.3. The number of hydrazine groups is 1. The standard InChI is InChI=1S/C23H27F2N5O3S/c24-19-6-2-1-5-17(19)21(31)27-16-7-8-18(20(25)15-16)22(32)28-29-23(34)26-9-3-4-10-30-11-13-33-14-12-30/h1-2,5-8,15H,3-4,9-14H2,(H,27,31)(H,28,32)(H2,26,29,34). The number of nitrogens with one attached hydrogen (secondary N) is 4. The van der Waals surface area contributed by atoms with Gasteiger partial charge in [0.15, 0.2) is 5.11 Å². The number of carbonyl (C=O) groups is 2. The Morgan fingerprint density at radius 3 is 2.41 bits per heavy atom. The minimum absolute atomic E-state index is 0.0875. The maximum atomic E-state index is 14.4. The third-order valence-electron chi connectivity index (χ3n) is 5.17. The normalized spacial score (nSPS) is 13.7. The van der Waals surface area contributed by atoms with E-state index in [1.807, 2.05) is 0 Å². The van der Waals surface area contributed by atoms with E-state index in [0.717, 1.165) is 57.8 Å². The molecule has 0 bridgehead atoms. The van der Waals surface area contributed by atoms with Crippen molar-refractivity contribution in [1.82, 2.24) is 21.1 Å². The number of nitrogens with zero attached hydrogens (tertiary/aromatic N) is 1. The number of thiocarbonyl (C=S) groups is 1. The number of hydrogen-bond acceptors (Lipinski definition) is 5. The molecule has 8 nitrogen and oxygen atoms in total. The first kappa shape index (κ1) is 25.5. The summed E-state index contributed by atoms with van der Waals surface area (Å²) in [6, 6.07) is 8.99. The van der Waals surface area contributed by atoms with E-state index in [1.165, 1.54) is 30.3 Å². The molecule has 0 aliphatic carbocycles. The molecule has 0 aromatic heterocycles. The molecular formula is C23H27F2N5O3S. The number of hydrogen-bond donors (Lipinski definition) is 4. The molecular weight excluding hydrogens is 464 g/mol. The molecule has 0 spiro atoms. The van der Waals surface area contributed by atoms with Crippen LogP contribution in [0.25, 0.3) is 0 Å². The van der Waals surface area contributed by atoms with Crippen LogP contribution in [0.4, 0.5) is 14.5 Å². The molecule has 2 aromatic carbocycles. The number of rotatable bonds is 8. The lowest BCUT2D eigenvalue weighted by Gasteiger charge is -2.26. The van der Waals surface area contributed by atoms with Crippen molar-refractivity contribution in [2.75, 3.05) is 44.7 Å². The number of morpholine rings is 1. The Morgan fingerprint density at radius 2 is 1.68 bits per heavy atom. The molecule has 2 amide bonds. The summed E-state index contributed by atoms with van der Waals surface area (Å²) in [7, 11) is 0. The van der Waals surface area contributed by atoms with Gasteiger partial charge in [0.05, 0.1) is 24.3 Å². The van der Waals surface area contributed by atoms with Gasteiger partial charge in [-0.25, -0.2) is 8.78 Å². The molecule has 0 atom stereocenters. The van der Waals surface area contributed by atoms with Gasteiger partial charge in [0, 0.05) is 25.3 Å². The summed E-state index contributed by atoms with van der Waals surface area (Å²) in [5.74, 6) is -3.00. The molecule has 182 valence electrons. The van der Waals surface area contributed by atoms with Crippen LogP contribution in [0, 0.1) is 11.6 Å². The number of carbonyl (C=O) groups excluding carboxylic acids is 2. The Morgan fingerprint density at radius 1 is 0.941 bits per heavy atom. The molecule has 34 heavy (non-hydrogen) atoms. The zero-order chi connectivity index (χ0) is 24.3. The molecule has 0 saturated carbocycles. The van der Waals surface area contributed by atoms with Gasteiger partial charge in [0.25, 0.3) is 11.8 Å². The van der Waals surface area contributed by atoms with Crippen LogP contribution in [0.1, 0.15) is 33.6 Å². The summed E-state index contributed by atoms with van der Waals surface area (Å²) in [6.45, 7) is 5.09. The van der Waals surface area contributed by atoms with E-state index in [9.17, 15) is 18.4 Å². The van der Waals surface area contributed by atoms with E-state index < -0.39 is 23.4 Å². The summed E-state index contributed by atoms with van der Waals surface area (Å²) in [5.41, 5.74) is 4.54. The van der Waals surface area contributed by atoms with Crippen LogP contribution in [-0.4, -0.2) is 61.2 Å². The predicted molar refractivity (Wildman–Crippen MR) is 128 cm³/mol. The van der Waals surface area contributed by atoms with Crippen LogP contribution >= 0.6 is 12.2 Å². The molecule has 1 aliphatic rings. The van der Waals surface area contributed by atoms with Gasteiger partial charge in [0.2, 0.25) is 0 Å². The van der Waals surface area contributed by atoms with E-state index in [-0.39, 0.29) is 21.9 Å². The lowest BCUT2D eigenvalue weighted by Crippen LogP contribution is -2.47. The highest BCUT2D eigenvalue weighted by molar-refractivity contribution is 7.80. The van der Waals surface area contributed by atoms with Gasteiger partial charge < -0.3 is 15.4 Å². The first-order valence-electron chi connectivity index (χ1n) is 10.9. The lowest BCUT2D eigenvalue weighted by molar-refractivity contribution is 0.0372. The predicted octanol–water partition coefficient (Wildman–Crippen LogP) is 2.44. The zero-order valence-corrected chi connectivity index (χ0v) is 19.4. The van der Waals surface area contributed by atoms with Crippen LogP contribution in [0.2, 0.25) is 0 Å². The van der Waals surface area contributed by atoms with Gasteiger partial charge >= 0.3 is 0 Å². The number of halogens is 2. The van der Waals surface area contributed by atoms with Crippen LogP contribution in [0.5, 0.6) is 0 Å². The van der Waals surface area contributed by atoms with Gasteiger partial charge in [0.1, 0.15) is 11.6 Å². The minimum atomic E-state index is -0.854. The topological polar surface area (TPSA) is 94.7 Å². The maximum Gasteiger partial charge on any atom is 0.272 e. The molecule has 1 fully saturated rings. The third kappa shape index (κ3) is 7.72. The Kier molecular flexibility index (Phi) is 9.68. The van der Waals surface area contributed by atoms with Crippen molar-refractivity contribution < 1.29 is 23.1 Å². The van der Waals surface area contributed by atoms with Crippen LogP contribution in [0.3, 0.4) is 0 Å². The highest BCUT2D eigenvalue weighted by atomic mass is 32.1. The number of ether oxygens (including phenoxy) is 1. The minimum Gasteiger partial charge on any atom is -0.379 e. The maximum absolute atomic E-state index is 14.4. The molecule has 3 rings (SSSR count). The SMILES string of the molecule is O=C(NNC(=S)NCCCCN1CCOCC1)c1ccc(NC(=O)c2ccccc2F)cc1F. The van der Waals surface area contributed by atoms with Crippen molar-refractivity contribution in [3.05, 3.63) is 65.2 Å². The van der Waals surface area contributed by atoms with E-state index in [0.29, 0.717) is 6.54 Å². The fourth-order valence-electron chi connectivity index (χ4n) is 3.33. The quantitative estimate of drug-likeness (QED) is 0.256. The van der Waals surface area contributed by atoms with E-state index in [4.69, 9.17) is 17.0 Å². The van der Waals surface area contributed by atoms with Crippen molar-refractivity contribution >= 4 is 34.8 Å². The molecule has 0 unspecified atom stereocenters. The molecule has 1 heterocycles. The zero-order valence-electron chi connectivity index (χ0n) is 18.5. The van der Waals surface area contributed by atoms with Crippen molar-refractivity contribution in [3.63, 3.8) is 0 Å². The molecule has 1 aliphatic heterocycles. The van der Waals surface area contributed by atoms with E-state index in [2.05, 4.69) is 26.4 Å². The summed E-state index contributed by atoms with van der Waals surface area (Å²) in [4.78, 5) is 26.8. The van der Waals surface area contributed by atoms with Gasteiger partial charge in [-0.05, 0) is 61.9 Å². The van der Waals surface area contributed by atoms with Crippen LogP contribution in [0.15, 0.2) is 42.5 Å². The first-order chi connectivity index (χ1) is 16.4. The van der Waals surface area contributed by atoms with Crippen LogP contribution in [-0.2, 0) is 4.74 Å². The highest BCUT2D eigenvalue weighted by Crippen LogP contribution is 2.16. The summed E-state index contributed by atoms with van der Waals surface area (Å²) < 4.78 is 33.5. The fourth-order valence-corrected chi connectivity index (χ4v) is 3.49. The Balaban J connectivity index is 1.39. The second-order valence-electron chi connectivity index (χ2n) is 7.62. The second-order valence-corrected chi connectivity index (χ2v) is 8.03. The van der Waals surface area contributed by atoms with E-state index in [1.54, 1.807) is 0 Å². The smallest absolute Gasteiger partial charge is 0.272 e. The molecule has 11 heteroatoms. The van der Waals surface area contributed by atoms with Gasteiger partial charge in [-0.1, -0.05) is 12.1 Å². The summed E-state index contributed by atoms with van der Waals surface area (Å²) >= 11 is 5.12. The van der Waals surface area contributed by atoms with Gasteiger partial charge in [-0.3, -0.25) is 25.3 Å². The number of benzene rings is 2. The number of unbranched alkanes of at least 4 members (excludes halogenated alkanes) is 1. The van der Waals surface area contributed by atoms with E-state index >= 15 is 0 Å². The van der Waals surface area contributed by atoms with Gasteiger partial charge in [-0.15, -0.1) is 0 Å². The van der Waals surface area contributed by atoms with Gasteiger partial charge in [-0.2, -0.15) is 0 Å². The largest absolute Gasteiger partial charge is 0.379 e. The molecule has 2 aromatic rings. The lowest BCUT2D eigenvalue weighted by atomic mass is 10.1. The Bertz CT molecular complexity index is 1020. The third-order valence-corrected chi connectivity index (χ3v) is 5.42. The molecule has 4 N–H and O–H groups in total. The fraction of sp³-hybridized carbons (Fsp3) is 0.348. The Labute approximate surface area is 202 Å². The van der Waals surface area contributed by atoms with Crippen molar-refractivity contribution in [2.24, 2.45) is 0 Å². The average molecular weight is 492 g/mol. The monoisotopic (exact) mass is 491 g/mol. The van der Waals surface area contributed by atoms with Crippen LogP contribution < -0.4 is 21.5 Å².